The van der Waals surface area contributed by atoms with Gasteiger partial charge in [0.25, 0.3) is 10.0 Å². The van der Waals surface area contributed by atoms with Crippen LogP contribution in [-0.4, -0.2) is 42.5 Å². The predicted octanol–water partition coefficient (Wildman–Crippen LogP) is 0.839. The highest BCUT2D eigenvalue weighted by Crippen LogP contribution is 2.26. The molecule has 20 heavy (non-hydrogen) atoms. The van der Waals surface area contributed by atoms with Crippen LogP contribution < -0.4 is 9.62 Å². The molecule has 8 nitrogen and oxygen atoms in total. The number of nitrogens with zero attached hydrogens (tertiary/aromatic N) is 5. The standard InChI is InChI=1S/C10H13BrN6O2S/c1-16(2)9-7(5-4-6-12-9)14-20(18,19)10-8(11)13-15-17(10)3/h4-6,14H,1-3H3. The number of hydrogen-bond acceptors (Lipinski definition) is 6. The van der Waals surface area contributed by atoms with E-state index in [-0.39, 0.29) is 9.63 Å². The average Bonchev–Trinajstić information content (AvgIpc) is 2.69. The molecule has 0 aliphatic carbocycles. The Morgan fingerprint density at radius 2 is 2.10 bits per heavy atom. The molecule has 0 atom stereocenters. The van der Waals surface area contributed by atoms with Crippen LogP contribution in [0.15, 0.2) is 28.0 Å². The average molecular weight is 361 g/mol. The first-order valence-corrected chi connectivity index (χ1v) is 7.81. The van der Waals surface area contributed by atoms with E-state index in [9.17, 15) is 8.42 Å². The summed E-state index contributed by atoms with van der Waals surface area (Å²) in [4.78, 5) is 5.85. The number of aryl methyl sites for hydroxylation is 1. The summed E-state index contributed by atoms with van der Waals surface area (Å²) in [5.74, 6) is 0.516. The number of pyridine rings is 1. The third kappa shape index (κ3) is 2.75. The van der Waals surface area contributed by atoms with E-state index in [0.717, 1.165) is 0 Å². The number of rotatable bonds is 4. The van der Waals surface area contributed by atoms with E-state index in [1.54, 1.807) is 37.3 Å². The van der Waals surface area contributed by atoms with Crippen LogP contribution >= 0.6 is 15.9 Å². The van der Waals surface area contributed by atoms with Gasteiger partial charge in [-0.05, 0) is 28.1 Å². The Hall–Kier alpha value is -1.68. The van der Waals surface area contributed by atoms with E-state index in [1.807, 2.05) is 0 Å². The zero-order valence-corrected chi connectivity index (χ0v) is 13.5. The van der Waals surface area contributed by atoms with Gasteiger partial charge in [0.1, 0.15) is 0 Å². The fourth-order valence-corrected chi connectivity index (χ4v) is 3.79. The van der Waals surface area contributed by atoms with Crippen LogP contribution in [0.25, 0.3) is 0 Å². The van der Waals surface area contributed by atoms with Crippen molar-refractivity contribution in [2.24, 2.45) is 7.05 Å². The second-order valence-electron chi connectivity index (χ2n) is 4.18. The smallest absolute Gasteiger partial charge is 0.282 e. The highest BCUT2D eigenvalue weighted by atomic mass is 79.9. The maximum absolute atomic E-state index is 12.4. The molecule has 2 rings (SSSR count). The van der Waals surface area contributed by atoms with Crippen molar-refractivity contribution in [1.29, 1.82) is 0 Å². The van der Waals surface area contributed by atoms with Crippen LogP contribution in [0.2, 0.25) is 0 Å². The highest BCUT2D eigenvalue weighted by Gasteiger charge is 2.25. The number of hydrogen-bond donors (Lipinski definition) is 1. The summed E-state index contributed by atoms with van der Waals surface area (Å²) >= 11 is 3.07. The molecule has 0 radical (unpaired) electrons. The SMILES string of the molecule is CN(C)c1ncccc1NS(=O)(=O)c1c(Br)nnn1C. The Morgan fingerprint density at radius 1 is 1.40 bits per heavy atom. The van der Waals surface area contributed by atoms with Gasteiger partial charge >= 0.3 is 0 Å². The molecule has 0 fully saturated rings. The molecule has 0 bridgehead atoms. The number of halogens is 1. The van der Waals surface area contributed by atoms with E-state index < -0.39 is 10.0 Å². The summed E-state index contributed by atoms with van der Waals surface area (Å²) in [7, 11) is 1.25. The van der Waals surface area contributed by atoms with Crippen LogP contribution in [0.3, 0.4) is 0 Å². The van der Waals surface area contributed by atoms with Gasteiger partial charge in [0.15, 0.2) is 10.4 Å². The van der Waals surface area contributed by atoms with Crippen molar-refractivity contribution in [2.75, 3.05) is 23.7 Å². The summed E-state index contributed by atoms with van der Waals surface area (Å²) < 4.78 is 28.6. The molecule has 0 spiro atoms. The topological polar surface area (TPSA) is 93.0 Å². The molecular formula is C10H13BrN6O2S. The molecule has 2 heterocycles. The molecule has 108 valence electrons. The lowest BCUT2D eigenvalue weighted by Gasteiger charge is -2.16. The fraction of sp³-hybridized carbons (Fsp3) is 0.300. The third-order valence-electron chi connectivity index (χ3n) is 2.45. The molecule has 1 N–H and O–H groups in total. The molecule has 0 aromatic carbocycles. The molecule has 2 aromatic rings. The molecule has 0 amide bonds. The predicted molar refractivity (Wildman–Crippen MR) is 78.1 cm³/mol. The number of sulfonamides is 1. The van der Waals surface area contributed by atoms with Crippen molar-refractivity contribution in [3.05, 3.63) is 22.9 Å². The molecule has 0 unspecified atom stereocenters. The number of aromatic nitrogens is 4. The van der Waals surface area contributed by atoms with Crippen molar-refractivity contribution in [2.45, 2.75) is 5.03 Å². The molecule has 0 saturated carbocycles. The van der Waals surface area contributed by atoms with Gasteiger partial charge in [0.2, 0.25) is 5.03 Å². The Bertz CT molecular complexity index is 708. The van der Waals surface area contributed by atoms with E-state index in [0.29, 0.717) is 11.5 Å². The zero-order valence-electron chi connectivity index (χ0n) is 11.1. The molecule has 10 heteroatoms. The van der Waals surface area contributed by atoms with Gasteiger partial charge in [-0.15, -0.1) is 5.10 Å². The summed E-state index contributed by atoms with van der Waals surface area (Å²) in [5, 5.41) is 7.27. The third-order valence-corrected chi connectivity index (χ3v) is 4.70. The maximum atomic E-state index is 12.4. The lowest BCUT2D eigenvalue weighted by Crippen LogP contribution is -2.20. The van der Waals surface area contributed by atoms with Gasteiger partial charge in [0, 0.05) is 27.3 Å². The summed E-state index contributed by atoms with van der Waals surface area (Å²) in [6.07, 6.45) is 1.59. The van der Waals surface area contributed by atoms with Gasteiger partial charge in [-0.2, -0.15) is 8.42 Å². The Morgan fingerprint density at radius 3 is 2.65 bits per heavy atom. The normalized spacial score (nSPS) is 11.4. The second kappa shape index (κ2) is 5.37. The minimum absolute atomic E-state index is 0.0499. The zero-order chi connectivity index (χ0) is 14.9. The fourth-order valence-electron chi connectivity index (χ4n) is 1.63. The number of anilines is 2. The van der Waals surface area contributed by atoms with E-state index >= 15 is 0 Å². The van der Waals surface area contributed by atoms with Crippen LogP contribution in [0.4, 0.5) is 11.5 Å². The second-order valence-corrected chi connectivity index (χ2v) is 6.53. The Balaban J connectivity index is 2.45. The van der Waals surface area contributed by atoms with Crippen molar-refractivity contribution in [3.8, 4) is 0 Å². The van der Waals surface area contributed by atoms with Crippen molar-refractivity contribution in [1.82, 2.24) is 20.0 Å². The van der Waals surface area contributed by atoms with Crippen LogP contribution in [0.1, 0.15) is 0 Å². The molecule has 0 aliphatic heterocycles. The number of nitrogens with one attached hydrogen (secondary N) is 1. The quantitative estimate of drug-likeness (QED) is 0.868. The van der Waals surface area contributed by atoms with Crippen molar-refractivity contribution < 1.29 is 8.42 Å². The lowest BCUT2D eigenvalue weighted by atomic mass is 10.4. The van der Waals surface area contributed by atoms with Gasteiger partial charge in [-0.3, -0.25) is 4.72 Å². The lowest BCUT2D eigenvalue weighted by molar-refractivity contribution is 0.578. The van der Waals surface area contributed by atoms with Crippen LogP contribution in [0, 0.1) is 0 Å². The maximum Gasteiger partial charge on any atom is 0.282 e. The molecule has 0 aliphatic rings. The van der Waals surface area contributed by atoms with Crippen molar-refractivity contribution in [3.63, 3.8) is 0 Å². The van der Waals surface area contributed by atoms with Gasteiger partial charge < -0.3 is 4.90 Å². The first kappa shape index (κ1) is 14.7. The first-order valence-electron chi connectivity index (χ1n) is 5.53. The monoisotopic (exact) mass is 360 g/mol. The van der Waals surface area contributed by atoms with E-state index in [1.165, 1.54) is 11.7 Å². The summed E-state index contributed by atoms with van der Waals surface area (Å²) in [5.41, 5.74) is 0.380. The summed E-state index contributed by atoms with van der Waals surface area (Å²) in [6.45, 7) is 0. The molecular weight excluding hydrogens is 348 g/mol. The Kier molecular flexibility index (Phi) is 3.95. The van der Waals surface area contributed by atoms with Crippen LogP contribution in [0.5, 0.6) is 0 Å². The molecule has 2 aromatic heterocycles. The Labute approximate surface area is 125 Å². The first-order chi connectivity index (χ1) is 9.33. The van der Waals surface area contributed by atoms with Gasteiger partial charge in [0.05, 0.1) is 5.69 Å². The van der Waals surface area contributed by atoms with Gasteiger partial charge in [-0.25, -0.2) is 9.67 Å². The highest BCUT2D eigenvalue weighted by molar-refractivity contribution is 9.10. The van der Waals surface area contributed by atoms with E-state index in [2.05, 4.69) is 35.9 Å². The minimum Gasteiger partial charge on any atom is -0.361 e. The van der Waals surface area contributed by atoms with Gasteiger partial charge in [-0.1, -0.05) is 5.21 Å². The largest absolute Gasteiger partial charge is 0.361 e. The minimum atomic E-state index is -3.81. The summed E-state index contributed by atoms with van der Waals surface area (Å²) in [6, 6.07) is 3.29. The van der Waals surface area contributed by atoms with Crippen molar-refractivity contribution >= 4 is 37.5 Å². The van der Waals surface area contributed by atoms with Crippen LogP contribution in [-0.2, 0) is 17.1 Å². The molecule has 0 saturated heterocycles. The van der Waals surface area contributed by atoms with E-state index in [4.69, 9.17) is 0 Å².